The molecule has 0 saturated carbocycles. The molecule has 0 aromatic heterocycles. The Morgan fingerprint density at radius 2 is 1.84 bits per heavy atom. The van der Waals surface area contributed by atoms with E-state index in [0.29, 0.717) is 15.1 Å². The first-order valence-electron chi connectivity index (χ1n) is 7.51. The Balaban J connectivity index is 1.73. The van der Waals surface area contributed by atoms with Crippen LogP contribution in [-0.2, 0) is 4.84 Å². The van der Waals surface area contributed by atoms with Gasteiger partial charge in [0.15, 0.2) is 4.32 Å². The number of rotatable bonds is 3. The van der Waals surface area contributed by atoms with Crippen molar-refractivity contribution < 1.29 is 9.63 Å². The third-order valence-corrected chi connectivity index (χ3v) is 4.90. The Kier molecular flexibility index (Phi) is 5.64. The first-order chi connectivity index (χ1) is 12.1. The van der Waals surface area contributed by atoms with Gasteiger partial charge in [0.05, 0.1) is 0 Å². The molecule has 0 radical (unpaired) electrons. The van der Waals surface area contributed by atoms with Crippen LogP contribution in [-0.4, -0.2) is 27.5 Å². The fourth-order valence-electron chi connectivity index (χ4n) is 2.20. The summed E-state index contributed by atoms with van der Waals surface area (Å²) in [5, 5.41) is 8.95. The molecule has 1 saturated heterocycles. The molecule has 0 spiro atoms. The third-order valence-electron chi connectivity index (χ3n) is 3.41. The Bertz CT molecular complexity index is 784. The van der Waals surface area contributed by atoms with Crippen molar-refractivity contribution in [2.24, 2.45) is 5.16 Å². The molecule has 1 atom stereocenters. The summed E-state index contributed by atoms with van der Waals surface area (Å²) in [7, 11) is 1.84. The lowest BCUT2D eigenvalue weighted by Gasteiger charge is -2.33. The standard InChI is InChI=1S/C17H16N4O2S2/c1-21-17(24)25-15(14(19-21)12-8-4-2-5-9-12)20-23-16(22)18-13-10-6-3-7-11-13/h2-11,14,19H,1H3,(H,18,22)/b20-15-/t14-/m1/s1. The lowest BCUT2D eigenvalue weighted by molar-refractivity contribution is 0.166. The number of thioether (sulfide) groups is 1. The second-order valence-electron chi connectivity index (χ2n) is 5.20. The molecule has 0 aliphatic carbocycles. The van der Waals surface area contributed by atoms with E-state index in [0.717, 1.165) is 5.56 Å². The van der Waals surface area contributed by atoms with Crippen LogP contribution in [0.2, 0.25) is 0 Å². The zero-order valence-corrected chi connectivity index (χ0v) is 15.0. The number of amides is 1. The van der Waals surface area contributed by atoms with Crippen LogP contribution in [0.5, 0.6) is 0 Å². The van der Waals surface area contributed by atoms with Gasteiger partial charge < -0.3 is 0 Å². The zero-order valence-electron chi connectivity index (χ0n) is 13.4. The zero-order chi connectivity index (χ0) is 17.6. The molecule has 6 nitrogen and oxygen atoms in total. The minimum absolute atomic E-state index is 0.243. The average molecular weight is 372 g/mol. The number of hydrazine groups is 1. The van der Waals surface area contributed by atoms with Crippen LogP contribution in [0.15, 0.2) is 65.8 Å². The molecular formula is C17H16N4O2S2. The molecule has 1 amide bonds. The van der Waals surface area contributed by atoms with E-state index in [9.17, 15) is 4.79 Å². The van der Waals surface area contributed by atoms with Gasteiger partial charge in [-0.25, -0.2) is 10.2 Å². The second-order valence-corrected chi connectivity index (χ2v) is 6.85. The van der Waals surface area contributed by atoms with Crippen LogP contribution < -0.4 is 10.7 Å². The van der Waals surface area contributed by atoms with Gasteiger partial charge in [-0.1, -0.05) is 65.9 Å². The van der Waals surface area contributed by atoms with Gasteiger partial charge in [0.25, 0.3) is 0 Å². The summed E-state index contributed by atoms with van der Waals surface area (Å²) in [5.74, 6) is 0. The van der Waals surface area contributed by atoms with E-state index in [1.165, 1.54) is 11.8 Å². The maximum atomic E-state index is 11.9. The Hall–Kier alpha value is -2.42. The van der Waals surface area contributed by atoms with Crippen molar-refractivity contribution in [2.75, 3.05) is 12.4 Å². The van der Waals surface area contributed by atoms with E-state index in [4.69, 9.17) is 17.1 Å². The topological polar surface area (TPSA) is 66.0 Å². The average Bonchev–Trinajstić information content (AvgIpc) is 2.64. The van der Waals surface area contributed by atoms with Crippen LogP contribution in [0.25, 0.3) is 0 Å². The van der Waals surface area contributed by atoms with Crippen molar-refractivity contribution in [3.05, 3.63) is 66.2 Å². The summed E-state index contributed by atoms with van der Waals surface area (Å²) in [5.41, 5.74) is 4.87. The Morgan fingerprint density at radius 1 is 1.20 bits per heavy atom. The van der Waals surface area contributed by atoms with Gasteiger partial charge in [0.2, 0.25) is 0 Å². The number of carbonyl (C=O) groups excluding carboxylic acids is 1. The van der Waals surface area contributed by atoms with Crippen molar-refractivity contribution >= 4 is 45.1 Å². The number of thiocarbonyl (C=S) groups is 1. The SMILES string of the molecule is CN1N[C@H](c2ccccc2)/C(=N/OC(=O)Nc2ccccc2)SC1=S. The smallest absolute Gasteiger partial charge is 0.297 e. The molecule has 1 aliphatic rings. The van der Waals surface area contributed by atoms with Crippen LogP contribution in [0.4, 0.5) is 10.5 Å². The van der Waals surface area contributed by atoms with E-state index in [2.05, 4.69) is 15.9 Å². The summed E-state index contributed by atoms with van der Waals surface area (Å²) in [6.45, 7) is 0. The van der Waals surface area contributed by atoms with E-state index in [-0.39, 0.29) is 6.04 Å². The molecular weight excluding hydrogens is 356 g/mol. The van der Waals surface area contributed by atoms with Crippen LogP contribution in [0.3, 0.4) is 0 Å². The predicted octanol–water partition coefficient (Wildman–Crippen LogP) is 3.76. The summed E-state index contributed by atoms with van der Waals surface area (Å²) in [6.07, 6.45) is -0.657. The first-order valence-corrected chi connectivity index (χ1v) is 8.73. The number of hydrogen-bond acceptors (Lipinski definition) is 6. The molecule has 0 bridgehead atoms. The Labute approximate surface area is 155 Å². The molecule has 128 valence electrons. The summed E-state index contributed by atoms with van der Waals surface area (Å²) < 4.78 is 0.595. The molecule has 25 heavy (non-hydrogen) atoms. The molecule has 1 aliphatic heterocycles. The van der Waals surface area contributed by atoms with Gasteiger partial charge in [-0.15, -0.1) is 0 Å². The van der Waals surface area contributed by atoms with Crippen LogP contribution in [0, 0.1) is 0 Å². The van der Waals surface area contributed by atoms with Crippen molar-refractivity contribution in [3.8, 4) is 0 Å². The van der Waals surface area contributed by atoms with E-state index >= 15 is 0 Å². The van der Waals surface area contributed by atoms with Crippen LogP contribution in [0.1, 0.15) is 11.6 Å². The van der Waals surface area contributed by atoms with Crippen molar-refractivity contribution in [1.29, 1.82) is 0 Å². The number of carbonyl (C=O) groups is 1. The highest BCUT2D eigenvalue weighted by molar-refractivity contribution is 8.33. The fraction of sp³-hybridized carbons (Fsp3) is 0.118. The van der Waals surface area contributed by atoms with E-state index < -0.39 is 6.09 Å². The number of benzene rings is 2. The van der Waals surface area contributed by atoms with Crippen molar-refractivity contribution in [3.63, 3.8) is 0 Å². The summed E-state index contributed by atoms with van der Waals surface area (Å²) in [6, 6.07) is 18.6. The quantitative estimate of drug-likeness (QED) is 0.486. The summed E-state index contributed by atoms with van der Waals surface area (Å²) >= 11 is 6.57. The lowest BCUT2D eigenvalue weighted by atomic mass is 10.1. The van der Waals surface area contributed by atoms with E-state index in [1.807, 2.05) is 55.6 Å². The largest absolute Gasteiger partial charge is 0.437 e. The highest BCUT2D eigenvalue weighted by Crippen LogP contribution is 2.28. The van der Waals surface area contributed by atoms with Crippen molar-refractivity contribution in [2.45, 2.75) is 6.04 Å². The maximum Gasteiger partial charge on any atom is 0.437 e. The van der Waals surface area contributed by atoms with Gasteiger partial charge in [0.1, 0.15) is 11.1 Å². The highest BCUT2D eigenvalue weighted by Gasteiger charge is 2.29. The van der Waals surface area contributed by atoms with E-state index in [1.54, 1.807) is 17.1 Å². The highest BCUT2D eigenvalue weighted by atomic mass is 32.2. The molecule has 1 fully saturated rings. The van der Waals surface area contributed by atoms with Crippen molar-refractivity contribution in [1.82, 2.24) is 10.4 Å². The van der Waals surface area contributed by atoms with Gasteiger partial charge in [-0.3, -0.25) is 15.2 Å². The number of para-hydroxylation sites is 1. The molecule has 3 rings (SSSR count). The van der Waals surface area contributed by atoms with Gasteiger partial charge >= 0.3 is 6.09 Å². The minimum atomic E-state index is -0.657. The number of nitrogens with one attached hydrogen (secondary N) is 2. The minimum Gasteiger partial charge on any atom is -0.297 e. The molecule has 2 aromatic rings. The van der Waals surface area contributed by atoms with Gasteiger partial charge in [0, 0.05) is 12.7 Å². The lowest BCUT2D eigenvalue weighted by Crippen LogP contribution is -2.47. The molecule has 2 aromatic carbocycles. The monoisotopic (exact) mass is 372 g/mol. The normalized spacial score (nSPS) is 18.9. The number of hydrogen-bond donors (Lipinski definition) is 2. The third kappa shape index (κ3) is 4.56. The van der Waals surface area contributed by atoms with Gasteiger partial charge in [-0.05, 0) is 29.5 Å². The molecule has 2 N–H and O–H groups in total. The molecule has 8 heteroatoms. The second kappa shape index (κ2) is 8.11. The summed E-state index contributed by atoms with van der Waals surface area (Å²) in [4.78, 5) is 17.0. The fourth-order valence-corrected chi connectivity index (χ4v) is 3.26. The first kappa shape index (κ1) is 17.4. The number of oxime groups is 1. The maximum absolute atomic E-state index is 11.9. The molecule has 1 heterocycles. The molecule has 0 unspecified atom stereocenters. The number of nitrogens with zero attached hydrogens (tertiary/aromatic N) is 2. The van der Waals surface area contributed by atoms with Crippen LogP contribution >= 0.6 is 24.0 Å². The Morgan fingerprint density at radius 3 is 2.52 bits per heavy atom. The number of anilines is 1. The van der Waals surface area contributed by atoms with Gasteiger partial charge in [-0.2, -0.15) is 0 Å². The predicted molar refractivity (Wildman–Crippen MR) is 104 cm³/mol.